The standard InChI is InChI=1S/C14H19F3N2O2/c1-9(20)13(2,3)18-8-10-5-4-6-11(7-10)19-12(21)14(15,16)17/h4-7,9,18,20H,8H2,1-3H3,(H,19,21). The van der Waals surface area contributed by atoms with Gasteiger partial charge in [0.15, 0.2) is 0 Å². The number of nitrogens with one attached hydrogen (secondary N) is 2. The van der Waals surface area contributed by atoms with Crippen LogP contribution in [0.5, 0.6) is 0 Å². The maximum Gasteiger partial charge on any atom is 0.471 e. The molecule has 0 aliphatic carbocycles. The molecule has 0 aromatic heterocycles. The van der Waals surface area contributed by atoms with Crippen molar-refractivity contribution in [3.63, 3.8) is 0 Å². The van der Waals surface area contributed by atoms with E-state index in [0.29, 0.717) is 12.1 Å². The smallest absolute Gasteiger partial charge is 0.392 e. The Balaban J connectivity index is 2.71. The molecule has 0 spiro atoms. The zero-order chi connectivity index (χ0) is 16.3. The van der Waals surface area contributed by atoms with Crippen LogP contribution in [0.25, 0.3) is 0 Å². The van der Waals surface area contributed by atoms with E-state index in [9.17, 15) is 23.1 Å². The SMILES string of the molecule is CC(O)C(C)(C)NCc1cccc(NC(=O)C(F)(F)F)c1. The summed E-state index contributed by atoms with van der Waals surface area (Å²) in [6.07, 6.45) is -5.51. The molecular formula is C14H19F3N2O2. The molecule has 0 radical (unpaired) electrons. The van der Waals surface area contributed by atoms with Gasteiger partial charge in [-0.1, -0.05) is 12.1 Å². The average molecular weight is 304 g/mol. The zero-order valence-corrected chi connectivity index (χ0v) is 12.1. The number of benzene rings is 1. The number of hydrogen-bond acceptors (Lipinski definition) is 3. The van der Waals surface area contributed by atoms with Crippen molar-refractivity contribution < 1.29 is 23.1 Å². The van der Waals surface area contributed by atoms with Gasteiger partial charge in [0, 0.05) is 17.8 Å². The van der Waals surface area contributed by atoms with E-state index in [1.807, 2.05) is 13.8 Å². The Bertz CT molecular complexity index is 499. The number of alkyl halides is 3. The maximum atomic E-state index is 12.2. The van der Waals surface area contributed by atoms with Gasteiger partial charge in [0.2, 0.25) is 0 Å². The number of carbonyl (C=O) groups excluding carboxylic acids is 1. The fourth-order valence-electron chi connectivity index (χ4n) is 1.44. The lowest BCUT2D eigenvalue weighted by molar-refractivity contribution is -0.167. The molecule has 1 amide bonds. The Morgan fingerprint density at radius 3 is 2.48 bits per heavy atom. The van der Waals surface area contributed by atoms with Crippen molar-refractivity contribution in [3.8, 4) is 0 Å². The van der Waals surface area contributed by atoms with Crippen molar-refractivity contribution in [1.82, 2.24) is 5.32 Å². The van der Waals surface area contributed by atoms with Crippen LogP contribution in [0.15, 0.2) is 24.3 Å². The number of hydrogen-bond donors (Lipinski definition) is 3. The minimum Gasteiger partial charge on any atom is -0.392 e. The van der Waals surface area contributed by atoms with Gasteiger partial charge in [-0.2, -0.15) is 13.2 Å². The quantitative estimate of drug-likeness (QED) is 0.783. The molecule has 0 saturated heterocycles. The van der Waals surface area contributed by atoms with Gasteiger partial charge in [0.05, 0.1) is 6.10 Å². The lowest BCUT2D eigenvalue weighted by Crippen LogP contribution is -2.47. The van der Waals surface area contributed by atoms with Crippen LogP contribution in [0.4, 0.5) is 18.9 Å². The van der Waals surface area contributed by atoms with Gasteiger partial charge in [0.25, 0.3) is 0 Å². The van der Waals surface area contributed by atoms with Gasteiger partial charge in [-0.05, 0) is 38.5 Å². The van der Waals surface area contributed by atoms with Crippen molar-refractivity contribution in [2.24, 2.45) is 0 Å². The first-order chi connectivity index (χ1) is 9.52. The van der Waals surface area contributed by atoms with Crippen LogP contribution >= 0.6 is 0 Å². The number of carbonyl (C=O) groups is 1. The van der Waals surface area contributed by atoms with Crippen LogP contribution in [-0.4, -0.2) is 28.8 Å². The summed E-state index contributed by atoms with van der Waals surface area (Å²) in [5.41, 5.74) is 0.237. The predicted octanol–water partition coefficient (Wildman–Crippen LogP) is 2.44. The summed E-state index contributed by atoms with van der Waals surface area (Å²) in [6.45, 7) is 5.63. The number of aliphatic hydroxyl groups is 1. The highest BCUT2D eigenvalue weighted by Crippen LogP contribution is 2.19. The molecule has 118 valence electrons. The summed E-state index contributed by atoms with van der Waals surface area (Å²) in [5.74, 6) is -2.00. The molecule has 21 heavy (non-hydrogen) atoms. The van der Waals surface area contributed by atoms with E-state index in [-0.39, 0.29) is 5.69 Å². The first-order valence-electron chi connectivity index (χ1n) is 6.42. The number of anilines is 1. The molecule has 0 heterocycles. The van der Waals surface area contributed by atoms with Crippen molar-refractivity contribution in [1.29, 1.82) is 0 Å². The average Bonchev–Trinajstić information content (AvgIpc) is 2.35. The first-order valence-corrected chi connectivity index (χ1v) is 6.42. The fraction of sp³-hybridized carbons (Fsp3) is 0.500. The van der Waals surface area contributed by atoms with E-state index in [1.165, 1.54) is 12.1 Å². The Morgan fingerprint density at radius 1 is 1.33 bits per heavy atom. The van der Waals surface area contributed by atoms with Crippen LogP contribution in [0.2, 0.25) is 0 Å². The Hall–Kier alpha value is -1.60. The molecule has 1 unspecified atom stereocenters. The largest absolute Gasteiger partial charge is 0.471 e. The van der Waals surface area contributed by atoms with Crippen molar-refractivity contribution in [3.05, 3.63) is 29.8 Å². The summed E-state index contributed by atoms with van der Waals surface area (Å²) in [5, 5.41) is 14.5. The van der Waals surface area contributed by atoms with Gasteiger partial charge in [0.1, 0.15) is 0 Å². The van der Waals surface area contributed by atoms with E-state index in [0.717, 1.165) is 0 Å². The van der Waals surface area contributed by atoms with Gasteiger partial charge in [-0.25, -0.2) is 0 Å². The Morgan fingerprint density at radius 2 is 1.95 bits per heavy atom. The second-order valence-electron chi connectivity index (χ2n) is 5.40. The van der Waals surface area contributed by atoms with Crippen LogP contribution in [0.1, 0.15) is 26.3 Å². The summed E-state index contributed by atoms with van der Waals surface area (Å²) in [4.78, 5) is 10.9. The van der Waals surface area contributed by atoms with E-state index in [1.54, 1.807) is 24.4 Å². The van der Waals surface area contributed by atoms with E-state index in [4.69, 9.17) is 0 Å². The summed E-state index contributed by atoms with van der Waals surface area (Å²) >= 11 is 0. The lowest BCUT2D eigenvalue weighted by atomic mass is 9.98. The van der Waals surface area contributed by atoms with E-state index in [2.05, 4.69) is 5.32 Å². The van der Waals surface area contributed by atoms with Gasteiger partial charge < -0.3 is 15.7 Å². The Labute approximate surface area is 121 Å². The first kappa shape index (κ1) is 17.5. The number of rotatable bonds is 5. The molecular weight excluding hydrogens is 285 g/mol. The highest BCUT2D eigenvalue weighted by Gasteiger charge is 2.38. The van der Waals surface area contributed by atoms with Crippen molar-refractivity contribution >= 4 is 11.6 Å². The molecule has 0 aliphatic heterocycles. The molecule has 1 rings (SSSR count). The molecule has 4 nitrogen and oxygen atoms in total. The number of aliphatic hydroxyl groups excluding tert-OH is 1. The summed E-state index contributed by atoms with van der Waals surface area (Å²) < 4.78 is 36.5. The number of amides is 1. The van der Waals surface area contributed by atoms with Crippen LogP contribution < -0.4 is 10.6 Å². The van der Waals surface area contributed by atoms with Gasteiger partial charge >= 0.3 is 12.1 Å². The minimum absolute atomic E-state index is 0.0754. The third kappa shape index (κ3) is 5.35. The van der Waals surface area contributed by atoms with Crippen molar-refractivity contribution in [2.45, 2.75) is 45.1 Å². The predicted molar refractivity (Wildman–Crippen MR) is 73.7 cm³/mol. The molecule has 1 atom stereocenters. The lowest BCUT2D eigenvalue weighted by Gasteiger charge is -2.29. The minimum atomic E-state index is -4.91. The molecule has 1 aromatic rings. The van der Waals surface area contributed by atoms with E-state index < -0.39 is 23.7 Å². The number of halogens is 3. The third-order valence-corrected chi connectivity index (χ3v) is 3.23. The topological polar surface area (TPSA) is 61.4 Å². The summed E-state index contributed by atoms with van der Waals surface area (Å²) in [7, 11) is 0. The van der Waals surface area contributed by atoms with Gasteiger partial charge in [-0.15, -0.1) is 0 Å². The van der Waals surface area contributed by atoms with Crippen LogP contribution in [0.3, 0.4) is 0 Å². The molecule has 7 heteroatoms. The fourth-order valence-corrected chi connectivity index (χ4v) is 1.44. The maximum absolute atomic E-state index is 12.2. The normalized spacial score (nSPS) is 13.9. The van der Waals surface area contributed by atoms with Gasteiger partial charge in [-0.3, -0.25) is 4.79 Å². The Kier molecular flexibility index (Phi) is 5.36. The zero-order valence-electron chi connectivity index (χ0n) is 12.1. The van der Waals surface area contributed by atoms with Crippen LogP contribution in [0, 0.1) is 0 Å². The highest BCUT2D eigenvalue weighted by molar-refractivity contribution is 5.94. The van der Waals surface area contributed by atoms with E-state index >= 15 is 0 Å². The molecule has 0 fully saturated rings. The molecule has 0 saturated carbocycles. The molecule has 0 aliphatic rings. The second kappa shape index (κ2) is 6.44. The van der Waals surface area contributed by atoms with Crippen molar-refractivity contribution in [2.75, 3.05) is 5.32 Å². The molecule has 1 aromatic carbocycles. The third-order valence-electron chi connectivity index (χ3n) is 3.23. The van der Waals surface area contributed by atoms with Crippen LogP contribution in [-0.2, 0) is 11.3 Å². The second-order valence-corrected chi connectivity index (χ2v) is 5.40. The molecule has 3 N–H and O–H groups in total. The molecule has 0 bridgehead atoms. The highest BCUT2D eigenvalue weighted by atomic mass is 19.4. The summed E-state index contributed by atoms with van der Waals surface area (Å²) in [6, 6.07) is 6.11. The monoisotopic (exact) mass is 304 g/mol.